The van der Waals surface area contributed by atoms with E-state index in [0.717, 1.165) is 19.3 Å². The molecule has 0 spiro atoms. The Hall–Kier alpha value is -1.04. The van der Waals surface area contributed by atoms with E-state index in [0.29, 0.717) is 12.2 Å². The number of halogens is 2. The number of hydrogen-bond acceptors (Lipinski definition) is 4. The summed E-state index contributed by atoms with van der Waals surface area (Å²) < 4.78 is 0. The summed E-state index contributed by atoms with van der Waals surface area (Å²) in [6.07, 6.45) is 3.05. The Morgan fingerprint density at radius 1 is 1.39 bits per heavy atom. The van der Waals surface area contributed by atoms with E-state index in [2.05, 4.69) is 5.32 Å². The highest BCUT2D eigenvalue weighted by atomic mass is 35.5. The molecule has 1 fully saturated rings. The lowest BCUT2D eigenvalue weighted by Gasteiger charge is -2.38. The van der Waals surface area contributed by atoms with Crippen molar-refractivity contribution in [2.75, 3.05) is 11.9 Å². The third-order valence-electron chi connectivity index (χ3n) is 3.20. The van der Waals surface area contributed by atoms with Gasteiger partial charge >= 0.3 is 0 Å². The first-order chi connectivity index (χ1) is 8.41. The second-order valence-corrected chi connectivity index (χ2v) is 5.43. The van der Waals surface area contributed by atoms with Crippen LogP contribution >= 0.6 is 23.2 Å². The molecule has 0 unspecified atom stereocenters. The van der Waals surface area contributed by atoms with Crippen molar-refractivity contribution >= 4 is 34.6 Å². The zero-order chi connectivity index (χ0) is 13.3. The number of non-ortho nitro benzene ring substituents is 1. The molecule has 1 aromatic carbocycles. The van der Waals surface area contributed by atoms with Gasteiger partial charge < -0.3 is 11.1 Å². The summed E-state index contributed by atoms with van der Waals surface area (Å²) in [7, 11) is 0. The maximum Gasteiger partial charge on any atom is 0.272 e. The first-order valence-electron chi connectivity index (χ1n) is 5.57. The Bertz CT molecular complexity index is 466. The molecule has 2 rings (SSSR count). The smallest absolute Gasteiger partial charge is 0.272 e. The zero-order valence-corrected chi connectivity index (χ0v) is 11.1. The molecule has 3 N–H and O–H groups in total. The number of nitrogens with two attached hydrogens (primary N) is 1. The fourth-order valence-electron chi connectivity index (χ4n) is 1.91. The van der Waals surface area contributed by atoms with E-state index in [1.54, 1.807) is 0 Å². The molecule has 0 atom stereocenters. The molecule has 18 heavy (non-hydrogen) atoms. The Morgan fingerprint density at radius 2 is 1.94 bits per heavy atom. The maximum absolute atomic E-state index is 10.6. The average molecular weight is 290 g/mol. The van der Waals surface area contributed by atoms with Gasteiger partial charge in [-0.2, -0.15) is 0 Å². The summed E-state index contributed by atoms with van der Waals surface area (Å²) in [6, 6.07) is 2.56. The lowest BCUT2D eigenvalue weighted by atomic mass is 9.78. The van der Waals surface area contributed by atoms with Crippen LogP contribution in [0.2, 0.25) is 10.0 Å². The maximum atomic E-state index is 10.6. The molecule has 0 aromatic heterocycles. The molecule has 1 aliphatic carbocycles. The Morgan fingerprint density at radius 3 is 2.33 bits per heavy atom. The van der Waals surface area contributed by atoms with E-state index >= 15 is 0 Å². The standard InChI is InChI=1S/C11H13Cl2N3O2/c12-8-4-7(16(17)18)5-9(13)10(8)15-6-11(14)2-1-3-11/h4-5,15H,1-3,6,14H2. The topological polar surface area (TPSA) is 81.2 Å². The van der Waals surface area contributed by atoms with Gasteiger partial charge in [-0.05, 0) is 19.3 Å². The minimum Gasteiger partial charge on any atom is -0.381 e. The molecular formula is C11H13Cl2N3O2. The van der Waals surface area contributed by atoms with Crippen LogP contribution < -0.4 is 11.1 Å². The van der Waals surface area contributed by atoms with Gasteiger partial charge in [0.15, 0.2) is 0 Å². The molecular weight excluding hydrogens is 277 g/mol. The summed E-state index contributed by atoms with van der Waals surface area (Å²) in [4.78, 5) is 10.1. The normalized spacial score (nSPS) is 17.1. The van der Waals surface area contributed by atoms with E-state index in [4.69, 9.17) is 28.9 Å². The van der Waals surface area contributed by atoms with Gasteiger partial charge in [-0.25, -0.2) is 0 Å². The van der Waals surface area contributed by atoms with Gasteiger partial charge in [0.1, 0.15) is 0 Å². The molecule has 7 heteroatoms. The highest BCUT2D eigenvalue weighted by Crippen LogP contribution is 2.36. The highest BCUT2D eigenvalue weighted by Gasteiger charge is 2.32. The van der Waals surface area contributed by atoms with Crippen molar-refractivity contribution in [3.05, 3.63) is 32.3 Å². The highest BCUT2D eigenvalue weighted by molar-refractivity contribution is 6.39. The predicted molar refractivity (Wildman–Crippen MR) is 72.4 cm³/mol. The van der Waals surface area contributed by atoms with Gasteiger partial charge in [0.2, 0.25) is 0 Å². The fraction of sp³-hybridized carbons (Fsp3) is 0.455. The number of anilines is 1. The van der Waals surface area contributed by atoms with Gasteiger partial charge in [0, 0.05) is 24.2 Å². The SMILES string of the molecule is NC1(CNc2c(Cl)cc([N+](=O)[O-])cc2Cl)CCC1. The van der Waals surface area contributed by atoms with E-state index in [-0.39, 0.29) is 21.3 Å². The van der Waals surface area contributed by atoms with E-state index < -0.39 is 4.92 Å². The summed E-state index contributed by atoms with van der Waals surface area (Å²) in [5, 5.41) is 14.2. The first-order valence-corrected chi connectivity index (χ1v) is 6.33. The molecule has 0 bridgehead atoms. The number of nitrogens with zero attached hydrogens (tertiary/aromatic N) is 1. The third kappa shape index (κ3) is 2.68. The molecule has 0 aliphatic heterocycles. The van der Waals surface area contributed by atoms with Crippen LogP contribution in [0.1, 0.15) is 19.3 Å². The van der Waals surface area contributed by atoms with Crippen LogP contribution in [0, 0.1) is 10.1 Å². The molecule has 0 radical (unpaired) electrons. The van der Waals surface area contributed by atoms with Gasteiger partial charge in [-0.1, -0.05) is 23.2 Å². The molecule has 0 amide bonds. The van der Waals surface area contributed by atoms with Gasteiger partial charge in [-0.3, -0.25) is 10.1 Å². The number of hydrogen-bond donors (Lipinski definition) is 2. The minimum absolute atomic E-state index is 0.123. The molecule has 5 nitrogen and oxygen atoms in total. The lowest BCUT2D eigenvalue weighted by molar-refractivity contribution is -0.384. The second kappa shape index (κ2) is 4.91. The summed E-state index contributed by atoms with van der Waals surface area (Å²) in [5.41, 5.74) is 6.24. The number of rotatable bonds is 4. The van der Waals surface area contributed by atoms with Crippen LogP contribution in [0.3, 0.4) is 0 Å². The zero-order valence-electron chi connectivity index (χ0n) is 9.58. The summed E-state index contributed by atoms with van der Waals surface area (Å²) in [5.74, 6) is 0. The monoisotopic (exact) mass is 289 g/mol. The molecule has 1 saturated carbocycles. The molecule has 0 heterocycles. The van der Waals surface area contributed by atoms with E-state index in [9.17, 15) is 10.1 Å². The Labute approximate surface area is 114 Å². The van der Waals surface area contributed by atoms with E-state index in [1.165, 1.54) is 12.1 Å². The Kier molecular flexibility index (Phi) is 3.66. The minimum atomic E-state index is -0.530. The summed E-state index contributed by atoms with van der Waals surface area (Å²) >= 11 is 12.0. The quantitative estimate of drug-likeness (QED) is 0.659. The van der Waals surface area contributed by atoms with Crippen LogP contribution in [-0.4, -0.2) is 17.0 Å². The first kappa shape index (κ1) is 13.4. The lowest BCUT2D eigenvalue weighted by Crippen LogP contribution is -2.52. The third-order valence-corrected chi connectivity index (χ3v) is 3.80. The van der Waals surface area contributed by atoms with Crippen molar-refractivity contribution in [3.63, 3.8) is 0 Å². The van der Waals surface area contributed by atoms with Crippen LogP contribution in [0.5, 0.6) is 0 Å². The predicted octanol–water partition coefficient (Wildman–Crippen LogP) is 3.19. The Balaban J connectivity index is 2.15. The second-order valence-electron chi connectivity index (χ2n) is 4.61. The molecule has 98 valence electrons. The molecule has 1 aromatic rings. The van der Waals surface area contributed by atoms with Gasteiger partial charge in [0.25, 0.3) is 5.69 Å². The van der Waals surface area contributed by atoms with Crippen molar-refractivity contribution in [2.45, 2.75) is 24.8 Å². The number of nitrogens with one attached hydrogen (secondary N) is 1. The summed E-state index contributed by atoms with van der Waals surface area (Å²) in [6.45, 7) is 0.560. The van der Waals surface area contributed by atoms with Crippen LogP contribution in [0.25, 0.3) is 0 Å². The number of nitro benzene ring substituents is 1. The van der Waals surface area contributed by atoms with Crippen molar-refractivity contribution in [2.24, 2.45) is 5.73 Å². The fourth-order valence-corrected chi connectivity index (χ4v) is 2.52. The van der Waals surface area contributed by atoms with E-state index in [1.807, 2.05) is 0 Å². The van der Waals surface area contributed by atoms with Crippen LogP contribution in [0.15, 0.2) is 12.1 Å². The van der Waals surface area contributed by atoms with Crippen LogP contribution in [-0.2, 0) is 0 Å². The van der Waals surface area contributed by atoms with Crippen LogP contribution in [0.4, 0.5) is 11.4 Å². The van der Waals surface area contributed by atoms with Crippen molar-refractivity contribution in [1.82, 2.24) is 0 Å². The van der Waals surface area contributed by atoms with Crippen molar-refractivity contribution in [3.8, 4) is 0 Å². The number of nitro groups is 1. The number of benzene rings is 1. The van der Waals surface area contributed by atoms with Crippen molar-refractivity contribution in [1.29, 1.82) is 0 Å². The van der Waals surface area contributed by atoms with Gasteiger partial charge in [0.05, 0.1) is 20.7 Å². The largest absolute Gasteiger partial charge is 0.381 e. The molecule has 1 aliphatic rings. The van der Waals surface area contributed by atoms with Crippen molar-refractivity contribution < 1.29 is 4.92 Å². The molecule has 0 saturated heterocycles. The average Bonchev–Trinajstić information content (AvgIpc) is 2.25. The van der Waals surface area contributed by atoms with Gasteiger partial charge in [-0.15, -0.1) is 0 Å².